The summed E-state index contributed by atoms with van der Waals surface area (Å²) in [6, 6.07) is 0.810. The molecule has 0 aromatic rings. The fraction of sp³-hybridized carbons (Fsp3) is 1.00. The first-order valence-electron chi connectivity index (χ1n) is 6.28. The minimum absolute atomic E-state index is 0.793. The van der Waals surface area contributed by atoms with E-state index in [4.69, 9.17) is 16.3 Å². The van der Waals surface area contributed by atoms with Crippen LogP contribution in [-0.2, 0) is 4.74 Å². The van der Waals surface area contributed by atoms with Gasteiger partial charge in [-0.05, 0) is 44.6 Å². The van der Waals surface area contributed by atoms with E-state index in [1.807, 2.05) is 0 Å². The van der Waals surface area contributed by atoms with Crippen LogP contribution in [0.3, 0.4) is 0 Å². The highest BCUT2D eigenvalue weighted by molar-refractivity contribution is 6.17. The van der Waals surface area contributed by atoms with Gasteiger partial charge in [0.05, 0.1) is 6.61 Å². The summed E-state index contributed by atoms with van der Waals surface area (Å²) in [4.78, 5) is 2.67. The smallest absolute Gasteiger partial charge is 0.0507 e. The lowest BCUT2D eigenvalue weighted by molar-refractivity contribution is 0.160. The maximum absolute atomic E-state index is 5.76. The Morgan fingerprint density at radius 3 is 3.00 bits per heavy atom. The van der Waals surface area contributed by atoms with E-state index in [9.17, 15) is 0 Å². The molecule has 0 aliphatic carbocycles. The number of ether oxygens (including phenoxy) is 1. The quantitative estimate of drug-likeness (QED) is 0.675. The molecular formula is C12H22ClNO. The van der Waals surface area contributed by atoms with Gasteiger partial charge < -0.3 is 9.64 Å². The molecule has 2 rings (SSSR count). The standard InChI is InChI=1S/C12H22ClNO/c13-6-1-3-12-4-2-7-14(12)9-11-5-8-15-10-11/h11-12H,1-10H2. The lowest BCUT2D eigenvalue weighted by Crippen LogP contribution is -2.34. The molecule has 2 unspecified atom stereocenters. The van der Waals surface area contributed by atoms with Gasteiger partial charge in [-0.25, -0.2) is 0 Å². The average molecular weight is 232 g/mol. The second-order valence-corrected chi connectivity index (χ2v) is 5.23. The second kappa shape index (κ2) is 6.07. The highest BCUT2D eigenvalue weighted by Gasteiger charge is 2.27. The zero-order chi connectivity index (χ0) is 10.5. The molecule has 2 aliphatic heterocycles. The van der Waals surface area contributed by atoms with E-state index in [-0.39, 0.29) is 0 Å². The third-order valence-corrected chi connectivity index (χ3v) is 3.95. The van der Waals surface area contributed by atoms with E-state index in [0.29, 0.717) is 0 Å². The fourth-order valence-corrected chi connectivity index (χ4v) is 2.99. The van der Waals surface area contributed by atoms with Gasteiger partial charge in [-0.15, -0.1) is 11.6 Å². The summed E-state index contributed by atoms with van der Waals surface area (Å²) in [5.74, 6) is 1.61. The summed E-state index contributed by atoms with van der Waals surface area (Å²) in [5.41, 5.74) is 0. The summed E-state index contributed by atoms with van der Waals surface area (Å²) < 4.78 is 5.44. The van der Waals surface area contributed by atoms with Crippen molar-refractivity contribution in [3.63, 3.8) is 0 Å². The van der Waals surface area contributed by atoms with E-state index in [0.717, 1.165) is 31.1 Å². The zero-order valence-corrected chi connectivity index (χ0v) is 10.2. The number of rotatable bonds is 5. The van der Waals surface area contributed by atoms with Crippen LogP contribution in [0.2, 0.25) is 0 Å². The van der Waals surface area contributed by atoms with Crippen molar-refractivity contribution in [2.75, 3.05) is 32.2 Å². The van der Waals surface area contributed by atoms with Crippen molar-refractivity contribution in [2.45, 2.75) is 38.1 Å². The Morgan fingerprint density at radius 2 is 2.27 bits per heavy atom. The van der Waals surface area contributed by atoms with Gasteiger partial charge in [0.15, 0.2) is 0 Å². The molecule has 0 bridgehead atoms. The second-order valence-electron chi connectivity index (χ2n) is 4.85. The minimum Gasteiger partial charge on any atom is -0.381 e. The molecule has 2 nitrogen and oxygen atoms in total. The van der Waals surface area contributed by atoms with Crippen molar-refractivity contribution in [2.24, 2.45) is 5.92 Å². The summed E-state index contributed by atoms with van der Waals surface area (Å²) in [6.07, 6.45) is 6.48. The van der Waals surface area contributed by atoms with Gasteiger partial charge in [-0.2, -0.15) is 0 Å². The molecular weight excluding hydrogens is 210 g/mol. The van der Waals surface area contributed by atoms with Crippen LogP contribution >= 0.6 is 11.6 Å². The van der Waals surface area contributed by atoms with Crippen molar-refractivity contribution in [1.29, 1.82) is 0 Å². The third-order valence-electron chi connectivity index (χ3n) is 3.69. The molecule has 2 heterocycles. The number of halogens is 1. The van der Waals surface area contributed by atoms with Crippen molar-refractivity contribution >= 4 is 11.6 Å². The molecule has 0 saturated carbocycles. The van der Waals surface area contributed by atoms with Crippen LogP contribution in [0.4, 0.5) is 0 Å². The summed E-state index contributed by atoms with van der Waals surface area (Å²) >= 11 is 5.76. The lowest BCUT2D eigenvalue weighted by Gasteiger charge is -2.26. The maximum Gasteiger partial charge on any atom is 0.0507 e. The Morgan fingerprint density at radius 1 is 1.33 bits per heavy atom. The van der Waals surface area contributed by atoms with Crippen molar-refractivity contribution in [3.8, 4) is 0 Å². The lowest BCUT2D eigenvalue weighted by atomic mass is 10.1. The minimum atomic E-state index is 0.793. The Hall–Kier alpha value is 0.210. The normalized spacial score (nSPS) is 32.6. The Bertz CT molecular complexity index is 182. The van der Waals surface area contributed by atoms with Crippen molar-refractivity contribution < 1.29 is 4.74 Å². The SMILES string of the molecule is ClCCCC1CCCN1CC1CCOC1. The molecule has 0 spiro atoms. The summed E-state index contributed by atoms with van der Waals surface area (Å²) in [5, 5.41) is 0. The van der Waals surface area contributed by atoms with Gasteiger partial charge in [-0.3, -0.25) is 0 Å². The first kappa shape index (κ1) is 11.7. The van der Waals surface area contributed by atoms with E-state index in [2.05, 4.69) is 4.90 Å². The highest BCUT2D eigenvalue weighted by Crippen LogP contribution is 2.24. The van der Waals surface area contributed by atoms with Crippen LogP contribution in [-0.4, -0.2) is 43.1 Å². The van der Waals surface area contributed by atoms with Gasteiger partial charge in [0.25, 0.3) is 0 Å². The van der Waals surface area contributed by atoms with Crippen molar-refractivity contribution in [3.05, 3.63) is 0 Å². The molecule has 2 fully saturated rings. The maximum atomic E-state index is 5.76. The third kappa shape index (κ3) is 3.33. The first-order chi connectivity index (χ1) is 7.40. The Kier molecular flexibility index (Phi) is 4.73. The molecule has 2 saturated heterocycles. The molecule has 0 aromatic carbocycles. The van der Waals surface area contributed by atoms with Gasteiger partial charge in [0.2, 0.25) is 0 Å². The molecule has 15 heavy (non-hydrogen) atoms. The van der Waals surface area contributed by atoms with E-state index in [1.54, 1.807) is 0 Å². The molecule has 2 atom stereocenters. The largest absolute Gasteiger partial charge is 0.381 e. The number of nitrogens with zero attached hydrogens (tertiary/aromatic N) is 1. The Labute approximate surface area is 97.9 Å². The summed E-state index contributed by atoms with van der Waals surface area (Å²) in [7, 11) is 0. The zero-order valence-electron chi connectivity index (χ0n) is 9.46. The van der Waals surface area contributed by atoms with Gasteiger partial charge in [0, 0.05) is 25.1 Å². The monoisotopic (exact) mass is 231 g/mol. The van der Waals surface area contributed by atoms with Crippen LogP contribution in [0.15, 0.2) is 0 Å². The molecule has 88 valence electrons. The predicted molar refractivity (Wildman–Crippen MR) is 63.5 cm³/mol. The molecule has 0 N–H and O–H groups in total. The Balaban J connectivity index is 1.74. The average Bonchev–Trinajstić information content (AvgIpc) is 2.87. The van der Waals surface area contributed by atoms with E-state index < -0.39 is 0 Å². The molecule has 0 amide bonds. The fourth-order valence-electron chi connectivity index (χ4n) is 2.83. The number of hydrogen-bond donors (Lipinski definition) is 0. The summed E-state index contributed by atoms with van der Waals surface area (Å²) in [6.45, 7) is 4.51. The van der Waals surface area contributed by atoms with Crippen LogP contribution < -0.4 is 0 Å². The van der Waals surface area contributed by atoms with Gasteiger partial charge in [-0.1, -0.05) is 0 Å². The van der Waals surface area contributed by atoms with Gasteiger partial charge in [0.1, 0.15) is 0 Å². The van der Waals surface area contributed by atoms with Gasteiger partial charge >= 0.3 is 0 Å². The molecule has 2 aliphatic rings. The highest BCUT2D eigenvalue weighted by atomic mass is 35.5. The number of likely N-dealkylation sites (tertiary alicyclic amines) is 1. The van der Waals surface area contributed by atoms with Crippen LogP contribution in [0.25, 0.3) is 0 Å². The van der Waals surface area contributed by atoms with E-state index in [1.165, 1.54) is 45.2 Å². The molecule has 3 heteroatoms. The number of alkyl halides is 1. The molecule has 0 radical (unpaired) electrons. The number of hydrogen-bond acceptors (Lipinski definition) is 2. The van der Waals surface area contributed by atoms with E-state index >= 15 is 0 Å². The topological polar surface area (TPSA) is 12.5 Å². The van der Waals surface area contributed by atoms with Crippen LogP contribution in [0.5, 0.6) is 0 Å². The predicted octanol–water partition coefficient (Wildman–Crippen LogP) is 2.51. The van der Waals surface area contributed by atoms with Crippen molar-refractivity contribution in [1.82, 2.24) is 4.90 Å². The molecule has 0 aromatic heterocycles. The van der Waals surface area contributed by atoms with Crippen LogP contribution in [0, 0.1) is 5.92 Å². The van der Waals surface area contributed by atoms with Crippen LogP contribution in [0.1, 0.15) is 32.1 Å². The first-order valence-corrected chi connectivity index (χ1v) is 6.81.